The second-order valence-corrected chi connectivity index (χ2v) is 8.70. The van der Waals surface area contributed by atoms with Crippen LogP contribution in [0.5, 0.6) is 17.2 Å². The van der Waals surface area contributed by atoms with Gasteiger partial charge in [0.15, 0.2) is 11.5 Å². The summed E-state index contributed by atoms with van der Waals surface area (Å²) >= 11 is 0. The normalized spacial score (nSPS) is 22.6. The van der Waals surface area contributed by atoms with E-state index >= 15 is 0 Å². The molecule has 9 nitrogen and oxygen atoms in total. The van der Waals surface area contributed by atoms with E-state index in [1.54, 1.807) is 19.1 Å². The van der Waals surface area contributed by atoms with Crippen molar-refractivity contribution >= 4 is 23.5 Å². The van der Waals surface area contributed by atoms with Gasteiger partial charge in [-0.1, -0.05) is 6.07 Å². The number of rotatable bonds is 4. The van der Waals surface area contributed by atoms with Crippen molar-refractivity contribution in [2.24, 2.45) is 5.92 Å². The third-order valence-corrected chi connectivity index (χ3v) is 6.44. The van der Waals surface area contributed by atoms with E-state index in [1.165, 1.54) is 19.2 Å². The van der Waals surface area contributed by atoms with Gasteiger partial charge in [0.05, 0.1) is 13.0 Å². The second kappa shape index (κ2) is 8.00. The number of carbonyl (C=O) groups excluding carboxylic acids is 2. The molecule has 0 radical (unpaired) electrons. The van der Waals surface area contributed by atoms with Crippen LogP contribution in [-0.2, 0) is 19.7 Å². The van der Waals surface area contributed by atoms with Crippen molar-refractivity contribution in [2.75, 3.05) is 37.0 Å². The number of piperidine rings is 1. The topological polar surface area (TPSA) is 99.2 Å². The van der Waals surface area contributed by atoms with E-state index in [2.05, 4.69) is 19.8 Å². The largest absolute Gasteiger partial charge is 0.586 e. The number of esters is 1. The van der Waals surface area contributed by atoms with E-state index in [9.17, 15) is 18.4 Å². The van der Waals surface area contributed by atoms with Gasteiger partial charge >= 0.3 is 12.3 Å². The van der Waals surface area contributed by atoms with Crippen molar-refractivity contribution in [1.29, 1.82) is 0 Å². The van der Waals surface area contributed by atoms with Crippen LogP contribution in [0, 0.1) is 5.92 Å². The maximum atomic E-state index is 13.4. The van der Waals surface area contributed by atoms with Crippen LogP contribution in [0.1, 0.15) is 25.3 Å². The molecule has 1 atom stereocenters. The molecule has 1 fully saturated rings. The minimum Gasteiger partial charge on any atom is -0.492 e. The molecule has 1 saturated heterocycles. The second-order valence-electron chi connectivity index (χ2n) is 8.70. The van der Waals surface area contributed by atoms with Crippen LogP contribution in [-0.4, -0.2) is 50.0 Å². The minimum absolute atomic E-state index is 0.0220. The molecule has 4 heterocycles. The number of hydrogen-bond donors (Lipinski definition) is 1. The lowest BCUT2D eigenvalue weighted by Gasteiger charge is -2.31. The molecule has 1 unspecified atom stereocenters. The van der Waals surface area contributed by atoms with Crippen LogP contribution in [0.4, 0.5) is 20.4 Å². The number of anilines is 2. The number of nitrogens with zero attached hydrogens (tertiary/aromatic N) is 2. The maximum Gasteiger partial charge on any atom is 0.586 e. The summed E-state index contributed by atoms with van der Waals surface area (Å²) in [5.74, 6) is 0.301. The molecular formula is C23H23F2N3O6. The SMILES string of the molecule is COC(=O)C1CCN(c2cccc(NC(=O)C3(C)COc4cc5c(cc43)OC(F)(F)O5)n2)CC1. The zero-order valence-corrected chi connectivity index (χ0v) is 18.6. The Kier molecular flexibility index (Phi) is 5.22. The first-order chi connectivity index (χ1) is 16.2. The van der Waals surface area contributed by atoms with Gasteiger partial charge in [0, 0.05) is 24.7 Å². The molecule has 11 heteroatoms. The van der Waals surface area contributed by atoms with Crippen LogP contribution in [0.2, 0.25) is 0 Å². The Hall–Kier alpha value is -3.63. The summed E-state index contributed by atoms with van der Waals surface area (Å²) in [6.45, 7) is 2.96. The van der Waals surface area contributed by atoms with Crippen LogP contribution in [0.25, 0.3) is 0 Å². The summed E-state index contributed by atoms with van der Waals surface area (Å²) in [5, 5.41) is 2.81. The minimum atomic E-state index is -3.76. The smallest absolute Gasteiger partial charge is 0.492 e. The van der Waals surface area contributed by atoms with Crippen LogP contribution < -0.4 is 24.4 Å². The first kappa shape index (κ1) is 22.2. The Morgan fingerprint density at radius 3 is 2.56 bits per heavy atom. The molecule has 0 aliphatic carbocycles. The average molecular weight is 475 g/mol. The first-order valence-electron chi connectivity index (χ1n) is 10.9. The van der Waals surface area contributed by atoms with E-state index in [-0.39, 0.29) is 35.7 Å². The highest BCUT2D eigenvalue weighted by atomic mass is 19.3. The molecule has 3 aliphatic heterocycles. The first-order valence-corrected chi connectivity index (χ1v) is 10.9. The lowest BCUT2D eigenvalue weighted by molar-refractivity contribution is -0.286. The highest BCUT2D eigenvalue weighted by Gasteiger charge is 2.49. The number of halogens is 2. The molecule has 1 aromatic heterocycles. The predicted molar refractivity (Wildman–Crippen MR) is 115 cm³/mol. The van der Waals surface area contributed by atoms with Gasteiger partial charge in [-0.15, -0.1) is 8.78 Å². The standard InChI is InChI=1S/C23H23F2N3O6/c1-22(12-32-15-11-17-16(10-14(15)22)33-23(24,25)34-17)21(30)27-18-4-3-5-19(26-18)28-8-6-13(7-9-28)20(29)31-2/h3-5,10-11,13H,6-9,12H2,1-2H3,(H,26,27,30). The summed E-state index contributed by atoms with van der Waals surface area (Å²) in [5.41, 5.74) is -0.728. The van der Waals surface area contributed by atoms with E-state index in [0.29, 0.717) is 43.1 Å². The van der Waals surface area contributed by atoms with Crippen LogP contribution in [0.15, 0.2) is 30.3 Å². The van der Waals surface area contributed by atoms with Crippen molar-refractivity contribution in [1.82, 2.24) is 4.98 Å². The van der Waals surface area contributed by atoms with Gasteiger partial charge in [-0.2, -0.15) is 0 Å². The van der Waals surface area contributed by atoms with E-state index in [1.807, 2.05) is 11.0 Å². The Morgan fingerprint density at radius 2 is 1.85 bits per heavy atom. The molecule has 5 rings (SSSR count). The van der Waals surface area contributed by atoms with Crippen molar-refractivity contribution in [3.8, 4) is 17.2 Å². The maximum absolute atomic E-state index is 13.4. The molecule has 0 bridgehead atoms. The Morgan fingerprint density at radius 1 is 1.15 bits per heavy atom. The number of alkyl halides is 2. The van der Waals surface area contributed by atoms with Crippen molar-refractivity contribution in [3.63, 3.8) is 0 Å². The van der Waals surface area contributed by atoms with Crippen molar-refractivity contribution < 1.29 is 37.3 Å². The van der Waals surface area contributed by atoms with E-state index < -0.39 is 17.6 Å². The summed E-state index contributed by atoms with van der Waals surface area (Å²) < 4.78 is 46.3. The molecule has 1 aromatic carbocycles. The zero-order valence-electron chi connectivity index (χ0n) is 18.6. The monoisotopic (exact) mass is 475 g/mol. The average Bonchev–Trinajstić information content (AvgIpc) is 3.32. The number of benzene rings is 1. The van der Waals surface area contributed by atoms with Gasteiger partial charge in [0.25, 0.3) is 0 Å². The molecule has 3 aliphatic rings. The predicted octanol–water partition coefficient (Wildman–Crippen LogP) is 3.08. The van der Waals surface area contributed by atoms with Gasteiger partial charge in [0.2, 0.25) is 5.91 Å². The van der Waals surface area contributed by atoms with Crippen LogP contribution >= 0.6 is 0 Å². The lowest BCUT2D eigenvalue weighted by atomic mass is 9.83. The number of aromatic nitrogens is 1. The third-order valence-electron chi connectivity index (χ3n) is 6.44. The third kappa shape index (κ3) is 3.84. The highest BCUT2D eigenvalue weighted by molar-refractivity contribution is 5.99. The molecule has 0 spiro atoms. The molecule has 1 amide bonds. The van der Waals surface area contributed by atoms with Gasteiger partial charge in [-0.25, -0.2) is 4.98 Å². The van der Waals surface area contributed by atoms with Gasteiger partial charge in [-0.05, 0) is 38.0 Å². The van der Waals surface area contributed by atoms with Gasteiger partial charge in [-0.3, -0.25) is 9.59 Å². The zero-order chi connectivity index (χ0) is 24.1. The Bertz CT molecular complexity index is 1150. The van der Waals surface area contributed by atoms with Gasteiger partial charge < -0.3 is 29.2 Å². The fourth-order valence-electron chi connectivity index (χ4n) is 4.45. The van der Waals surface area contributed by atoms with E-state index in [4.69, 9.17) is 9.47 Å². The molecular weight excluding hydrogens is 452 g/mol. The molecule has 2 aromatic rings. The summed E-state index contributed by atoms with van der Waals surface area (Å²) in [6, 6.07) is 7.95. The number of methoxy groups -OCH3 is 1. The summed E-state index contributed by atoms with van der Waals surface area (Å²) in [6.07, 6.45) is -2.44. The van der Waals surface area contributed by atoms with Crippen molar-refractivity contribution in [3.05, 3.63) is 35.9 Å². The van der Waals surface area contributed by atoms with E-state index in [0.717, 1.165) is 0 Å². The number of pyridine rings is 1. The highest BCUT2D eigenvalue weighted by Crippen LogP contribution is 2.50. The molecule has 1 N–H and O–H groups in total. The molecule has 34 heavy (non-hydrogen) atoms. The number of hydrogen-bond acceptors (Lipinski definition) is 8. The Balaban J connectivity index is 1.30. The summed E-state index contributed by atoms with van der Waals surface area (Å²) in [7, 11) is 1.39. The fraction of sp³-hybridized carbons (Fsp3) is 0.435. The quantitative estimate of drug-likeness (QED) is 0.674. The van der Waals surface area contributed by atoms with Gasteiger partial charge in [0.1, 0.15) is 29.4 Å². The number of nitrogens with one attached hydrogen (secondary N) is 1. The lowest BCUT2D eigenvalue weighted by Crippen LogP contribution is -2.39. The molecule has 0 saturated carbocycles. The van der Waals surface area contributed by atoms with Crippen molar-refractivity contribution in [2.45, 2.75) is 31.5 Å². The number of fused-ring (bicyclic) bond motifs is 2. The van der Waals surface area contributed by atoms with Crippen LogP contribution in [0.3, 0.4) is 0 Å². The number of carbonyl (C=O) groups is 2. The molecule has 180 valence electrons. The number of amides is 1. The fourth-order valence-corrected chi connectivity index (χ4v) is 4.45. The Labute approximate surface area is 193 Å². The number of ether oxygens (including phenoxy) is 4. The summed E-state index contributed by atoms with van der Waals surface area (Å²) in [4.78, 5) is 31.6.